The zero-order valence-corrected chi connectivity index (χ0v) is 11.4. The largest absolute Gasteiger partial charge is 0.378 e. The molecule has 4 nitrogen and oxygen atoms in total. The molecule has 1 N–H and O–H groups in total. The first-order valence-corrected chi connectivity index (χ1v) is 6.06. The van der Waals surface area contributed by atoms with E-state index in [9.17, 15) is 0 Å². The lowest BCUT2D eigenvalue weighted by molar-refractivity contribution is 0.735. The van der Waals surface area contributed by atoms with Crippen molar-refractivity contribution in [3.63, 3.8) is 0 Å². The van der Waals surface area contributed by atoms with Crippen molar-refractivity contribution in [3.05, 3.63) is 36.3 Å². The fourth-order valence-electron chi connectivity index (χ4n) is 1.99. The number of nitrogens with one attached hydrogen (secondary N) is 1. The number of nitrogens with zero attached hydrogens (tertiary/aromatic N) is 3. The predicted octanol–water partition coefficient (Wildman–Crippen LogP) is 1.87. The lowest BCUT2D eigenvalue weighted by atomic mass is 10.1. The molecule has 0 radical (unpaired) electrons. The van der Waals surface area contributed by atoms with Crippen LogP contribution < -0.4 is 10.2 Å². The molecule has 4 heteroatoms. The minimum absolute atomic E-state index is 0.821. The average Bonchev–Trinajstić information content (AvgIpc) is 2.72. The van der Waals surface area contributed by atoms with Crippen LogP contribution in [-0.4, -0.2) is 30.7 Å². The van der Waals surface area contributed by atoms with Crippen LogP contribution in [0.3, 0.4) is 0 Å². The summed E-state index contributed by atoms with van der Waals surface area (Å²) in [6.45, 7) is 0.821. The van der Waals surface area contributed by atoms with Crippen LogP contribution in [0.15, 0.2) is 30.6 Å². The van der Waals surface area contributed by atoms with Crippen LogP contribution in [0.25, 0.3) is 11.3 Å². The molecule has 1 heterocycles. The molecule has 0 aliphatic carbocycles. The van der Waals surface area contributed by atoms with Gasteiger partial charge in [-0.1, -0.05) is 12.1 Å². The molecular weight excluding hydrogens is 224 g/mol. The van der Waals surface area contributed by atoms with Gasteiger partial charge in [-0.3, -0.25) is 0 Å². The van der Waals surface area contributed by atoms with Gasteiger partial charge in [-0.25, -0.2) is 4.98 Å². The first-order valence-electron chi connectivity index (χ1n) is 6.06. The quantitative estimate of drug-likeness (QED) is 0.891. The molecule has 0 unspecified atom stereocenters. The van der Waals surface area contributed by atoms with Gasteiger partial charge in [0.25, 0.3) is 0 Å². The van der Waals surface area contributed by atoms with Gasteiger partial charge in [0, 0.05) is 38.9 Å². The average molecular weight is 244 g/mol. The minimum atomic E-state index is 0.821. The van der Waals surface area contributed by atoms with Crippen LogP contribution in [-0.2, 0) is 13.6 Å². The van der Waals surface area contributed by atoms with Crippen LogP contribution >= 0.6 is 0 Å². The fourth-order valence-corrected chi connectivity index (χ4v) is 1.99. The maximum Gasteiger partial charge on any atom is 0.0953 e. The lowest BCUT2D eigenvalue weighted by Gasteiger charge is -2.12. The molecule has 1 aromatic carbocycles. The van der Waals surface area contributed by atoms with E-state index in [0.29, 0.717) is 0 Å². The topological polar surface area (TPSA) is 33.1 Å². The SMILES string of the molecule is CNCc1c(-c2ccc(N(C)C)cc2)ncn1C. The van der Waals surface area contributed by atoms with Crippen LogP contribution in [0.4, 0.5) is 5.69 Å². The Balaban J connectivity index is 2.36. The number of aryl methyl sites for hydroxylation is 1. The normalized spacial score (nSPS) is 10.7. The summed E-state index contributed by atoms with van der Waals surface area (Å²) >= 11 is 0. The number of benzene rings is 1. The molecule has 0 saturated carbocycles. The number of hydrogen-bond donors (Lipinski definition) is 1. The molecule has 0 aliphatic heterocycles. The van der Waals surface area contributed by atoms with Crippen LogP contribution in [0.2, 0.25) is 0 Å². The van der Waals surface area contributed by atoms with E-state index in [1.54, 1.807) is 0 Å². The summed E-state index contributed by atoms with van der Waals surface area (Å²) < 4.78 is 2.06. The summed E-state index contributed by atoms with van der Waals surface area (Å²) in [7, 11) is 8.06. The lowest BCUT2D eigenvalue weighted by Crippen LogP contribution is -2.10. The van der Waals surface area contributed by atoms with Gasteiger partial charge >= 0.3 is 0 Å². The van der Waals surface area contributed by atoms with Gasteiger partial charge in [-0.15, -0.1) is 0 Å². The fraction of sp³-hybridized carbons (Fsp3) is 0.357. The van der Waals surface area contributed by atoms with E-state index < -0.39 is 0 Å². The monoisotopic (exact) mass is 244 g/mol. The summed E-state index contributed by atoms with van der Waals surface area (Å²) in [5.74, 6) is 0. The van der Waals surface area contributed by atoms with Crippen LogP contribution in [0, 0.1) is 0 Å². The molecule has 2 rings (SSSR count). The Morgan fingerprint density at radius 1 is 1.22 bits per heavy atom. The Hall–Kier alpha value is -1.81. The van der Waals surface area contributed by atoms with Crippen molar-refractivity contribution in [1.29, 1.82) is 0 Å². The molecule has 0 bridgehead atoms. The Morgan fingerprint density at radius 2 is 1.89 bits per heavy atom. The third-order valence-corrected chi connectivity index (χ3v) is 3.06. The zero-order valence-electron chi connectivity index (χ0n) is 11.4. The highest BCUT2D eigenvalue weighted by Gasteiger charge is 2.10. The van der Waals surface area contributed by atoms with Gasteiger partial charge in [0.05, 0.1) is 17.7 Å². The van der Waals surface area contributed by atoms with E-state index in [0.717, 1.165) is 17.8 Å². The summed E-state index contributed by atoms with van der Waals surface area (Å²) in [4.78, 5) is 6.58. The van der Waals surface area contributed by atoms with Crippen molar-refractivity contribution in [2.45, 2.75) is 6.54 Å². The Morgan fingerprint density at radius 3 is 2.44 bits per heavy atom. The number of anilines is 1. The highest BCUT2D eigenvalue weighted by Crippen LogP contribution is 2.24. The van der Waals surface area contributed by atoms with E-state index >= 15 is 0 Å². The predicted molar refractivity (Wildman–Crippen MR) is 75.7 cm³/mol. The number of rotatable bonds is 4. The minimum Gasteiger partial charge on any atom is -0.378 e. The van der Waals surface area contributed by atoms with Crippen molar-refractivity contribution in [2.24, 2.45) is 7.05 Å². The summed E-state index contributed by atoms with van der Waals surface area (Å²) in [6.07, 6.45) is 1.86. The highest BCUT2D eigenvalue weighted by atomic mass is 15.1. The molecule has 2 aromatic rings. The van der Waals surface area contributed by atoms with E-state index in [2.05, 4.69) is 44.0 Å². The maximum absolute atomic E-state index is 4.49. The van der Waals surface area contributed by atoms with Gasteiger partial charge in [-0.2, -0.15) is 0 Å². The first kappa shape index (κ1) is 12.6. The Bertz CT molecular complexity index is 511. The maximum atomic E-state index is 4.49. The second-order valence-electron chi connectivity index (χ2n) is 4.62. The molecule has 18 heavy (non-hydrogen) atoms. The van der Waals surface area contributed by atoms with E-state index in [4.69, 9.17) is 0 Å². The molecule has 96 valence electrons. The third-order valence-electron chi connectivity index (χ3n) is 3.06. The highest BCUT2D eigenvalue weighted by molar-refractivity contribution is 5.65. The first-order chi connectivity index (χ1) is 8.63. The molecule has 0 fully saturated rings. The van der Waals surface area contributed by atoms with E-state index in [1.807, 2.05) is 34.5 Å². The molecule has 0 spiro atoms. The summed E-state index contributed by atoms with van der Waals surface area (Å²) in [6, 6.07) is 8.48. The molecule has 0 atom stereocenters. The molecule has 0 amide bonds. The number of imidazole rings is 1. The van der Waals surface area contributed by atoms with Gasteiger partial charge in [0.1, 0.15) is 0 Å². The smallest absolute Gasteiger partial charge is 0.0953 e. The molecule has 0 aliphatic rings. The van der Waals surface area contributed by atoms with Crippen molar-refractivity contribution >= 4 is 5.69 Å². The second kappa shape index (κ2) is 5.23. The van der Waals surface area contributed by atoms with Gasteiger partial charge < -0.3 is 14.8 Å². The van der Waals surface area contributed by atoms with Crippen molar-refractivity contribution in [1.82, 2.24) is 14.9 Å². The van der Waals surface area contributed by atoms with Crippen molar-refractivity contribution < 1.29 is 0 Å². The van der Waals surface area contributed by atoms with Gasteiger partial charge in [0.15, 0.2) is 0 Å². The molecule has 0 saturated heterocycles. The van der Waals surface area contributed by atoms with Crippen LogP contribution in [0.5, 0.6) is 0 Å². The second-order valence-corrected chi connectivity index (χ2v) is 4.62. The summed E-state index contributed by atoms with van der Waals surface area (Å²) in [5.41, 5.74) is 4.61. The number of aromatic nitrogens is 2. The Labute approximate surface area is 108 Å². The van der Waals surface area contributed by atoms with Gasteiger partial charge in [-0.05, 0) is 19.2 Å². The third kappa shape index (κ3) is 2.38. The number of hydrogen-bond acceptors (Lipinski definition) is 3. The van der Waals surface area contributed by atoms with E-state index in [1.165, 1.54) is 11.4 Å². The molecule has 1 aromatic heterocycles. The zero-order chi connectivity index (χ0) is 13.1. The van der Waals surface area contributed by atoms with E-state index in [-0.39, 0.29) is 0 Å². The summed E-state index contributed by atoms with van der Waals surface area (Å²) in [5, 5.41) is 3.18. The van der Waals surface area contributed by atoms with Crippen molar-refractivity contribution in [2.75, 3.05) is 26.0 Å². The van der Waals surface area contributed by atoms with Gasteiger partial charge in [0.2, 0.25) is 0 Å². The van der Waals surface area contributed by atoms with Crippen LogP contribution in [0.1, 0.15) is 5.69 Å². The Kier molecular flexibility index (Phi) is 3.67. The standard InChI is InChI=1S/C14H20N4/c1-15-9-13-14(16-10-18(13)4)11-5-7-12(8-6-11)17(2)3/h5-8,10,15H,9H2,1-4H3. The van der Waals surface area contributed by atoms with Crippen molar-refractivity contribution in [3.8, 4) is 11.3 Å². The molecular formula is C14H20N4.